The van der Waals surface area contributed by atoms with Gasteiger partial charge in [-0.2, -0.15) is 0 Å². The van der Waals surface area contributed by atoms with E-state index in [-0.39, 0.29) is 5.69 Å². The quantitative estimate of drug-likeness (QED) is 0.768. The molecule has 0 atom stereocenters. The number of aryl methyl sites for hydroxylation is 1. The summed E-state index contributed by atoms with van der Waals surface area (Å²) in [5.41, 5.74) is 0.233. The van der Waals surface area contributed by atoms with Gasteiger partial charge in [0.15, 0.2) is 0 Å². The van der Waals surface area contributed by atoms with Crippen molar-refractivity contribution >= 4 is 0 Å². The third kappa shape index (κ3) is 2.00. The zero-order valence-electron chi connectivity index (χ0n) is 7.59. The highest BCUT2D eigenvalue weighted by atomic mass is 19.3. The number of hydrogen-bond donors (Lipinski definition) is 1. The van der Waals surface area contributed by atoms with Gasteiger partial charge in [-0.1, -0.05) is 5.21 Å². The summed E-state index contributed by atoms with van der Waals surface area (Å²) in [6.07, 6.45) is -2.52. The molecule has 0 radical (unpaired) electrons. The van der Waals surface area contributed by atoms with Crippen molar-refractivity contribution in [2.45, 2.75) is 26.4 Å². The van der Waals surface area contributed by atoms with Crippen molar-refractivity contribution in [1.82, 2.24) is 20.3 Å². The van der Waals surface area contributed by atoms with Crippen LogP contribution in [0.1, 0.15) is 24.7 Å². The first-order valence-corrected chi connectivity index (χ1v) is 4.05. The van der Waals surface area contributed by atoms with E-state index in [1.807, 2.05) is 0 Å². The summed E-state index contributed by atoms with van der Waals surface area (Å²) in [5.74, 6) is 0. The third-order valence-corrected chi connectivity index (χ3v) is 1.70. The average Bonchev–Trinajstić information content (AvgIpc) is 2.48. The number of nitrogens with one attached hydrogen (secondary N) is 1. The SMILES string of the molecule is CCn1nnc(CNC)c1C(F)F. The van der Waals surface area contributed by atoms with E-state index in [0.717, 1.165) is 0 Å². The molecule has 1 heterocycles. The first-order valence-electron chi connectivity index (χ1n) is 4.05. The molecule has 0 spiro atoms. The molecule has 0 aliphatic heterocycles. The van der Waals surface area contributed by atoms with E-state index in [9.17, 15) is 8.78 Å². The minimum atomic E-state index is -2.52. The largest absolute Gasteiger partial charge is 0.314 e. The molecule has 0 amide bonds. The lowest BCUT2D eigenvalue weighted by atomic mass is 10.3. The van der Waals surface area contributed by atoms with Crippen LogP contribution in [0.2, 0.25) is 0 Å². The van der Waals surface area contributed by atoms with Crippen molar-refractivity contribution in [2.75, 3.05) is 7.05 Å². The molecule has 0 aliphatic rings. The molecular weight excluding hydrogens is 178 g/mol. The molecule has 1 N–H and O–H groups in total. The predicted octanol–water partition coefficient (Wildman–Crippen LogP) is 0.955. The fourth-order valence-corrected chi connectivity index (χ4v) is 1.12. The Morgan fingerprint density at radius 1 is 1.54 bits per heavy atom. The standard InChI is InChI=1S/C7H12F2N4/c1-3-13-6(7(8)9)5(4-10-2)11-12-13/h7,10H,3-4H2,1-2H3. The summed E-state index contributed by atoms with van der Waals surface area (Å²) in [4.78, 5) is 0. The summed E-state index contributed by atoms with van der Waals surface area (Å²) in [5, 5.41) is 10.1. The molecule has 0 bridgehead atoms. The molecule has 0 aromatic carbocycles. The molecule has 0 saturated heterocycles. The topological polar surface area (TPSA) is 42.7 Å². The normalized spacial score (nSPS) is 11.2. The zero-order valence-corrected chi connectivity index (χ0v) is 7.59. The molecule has 6 heteroatoms. The summed E-state index contributed by atoms with van der Waals surface area (Å²) < 4.78 is 26.2. The molecule has 13 heavy (non-hydrogen) atoms. The summed E-state index contributed by atoms with van der Waals surface area (Å²) in [6.45, 7) is 2.49. The molecule has 0 fully saturated rings. The summed E-state index contributed by atoms with van der Waals surface area (Å²) in [7, 11) is 1.68. The Kier molecular flexibility index (Phi) is 3.30. The number of alkyl halides is 2. The van der Waals surface area contributed by atoms with Crippen LogP contribution in [0.3, 0.4) is 0 Å². The van der Waals surface area contributed by atoms with Gasteiger partial charge in [0.2, 0.25) is 0 Å². The van der Waals surface area contributed by atoms with Gasteiger partial charge in [0.05, 0.1) is 0 Å². The van der Waals surface area contributed by atoms with Crippen molar-refractivity contribution in [3.63, 3.8) is 0 Å². The Labute approximate surface area is 74.9 Å². The van der Waals surface area contributed by atoms with E-state index in [2.05, 4.69) is 15.6 Å². The molecule has 1 aromatic rings. The molecule has 74 valence electrons. The fourth-order valence-electron chi connectivity index (χ4n) is 1.12. The van der Waals surface area contributed by atoms with Crippen LogP contribution in [0.25, 0.3) is 0 Å². The lowest BCUT2D eigenvalue weighted by Gasteiger charge is -2.03. The lowest BCUT2D eigenvalue weighted by Crippen LogP contribution is -2.10. The predicted molar refractivity (Wildman–Crippen MR) is 43.4 cm³/mol. The molecule has 0 aliphatic carbocycles. The van der Waals surface area contributed by atoms with Gasteiger partial charge in [-0.25, -0.2) is 13.5 Å². The van der Waals surface area contributed by atoms with E-state index in [4.69, 9.17) is 0 Å². The number of rotatable bonds is 4. The van der Waals surface area contributed by atoms with E-state index < -0.39 is 6.43 Å². The van der Waals surface area contributed by atoms with E-state index >= 15 is 0 Å². The van der Waals surface area contributed by atoms with Crippen molar-refractivity contribution in [3.8, 4) is 0 Å². The van der Waals surface area contributed by atoms with Crippen molar-refractivity contribution < 1.29 is 8.78 Å². The highest BCUT2D eigenvalue weighted by molar-refractivity contribution is 5.11. The van der Waals surface area contributed by atoms with Crippen LogP contribution in [0.15, 0.2) is 0 Å². The van der Waals surface area contributed by atoms with E-state index in [1.54, 1.807) is 14.0 Å². The minimum absolute atomic E-state index is 0.0862. The van der Waals surface area contributed by atoms with Gasteiger partial charge in [-0.05, 0) is 14.0 Å². The Morgan fingerprint density at radius 3 is 2.69 bits per heavy atom. The van der Waals surface area contributed by atoms with E-state index in [1.165, 1.54) is 4.68 Å². The number of aromatic nitrogens is 3. The Bertz CT molecular complexity index is 271. The molecule has 4 nitrogen and oxygen atoms in total. The molecule has 1 aromatic heterocycles. The second-order valence-corrected chi connectivity index (χ2v) is 2.57. The Hall–Kier alpha value is -1.04. The van der Waals surface area contributed by atoms with E-state index in [0.29, 0.717) is 18.8 Å². The van der Waals surface area contributed by atoms with Crippen LogP contribution in [0.5, 0.6) is 0 Å². The van der Waals surface area contributed by atoms with Gasteiger partial charge in [0.25, 0.3) is 6.43 Å². The van der Waals surface area contributed by atoms with Gasteiger partial charge >= 0.3 is 0 Å². The van der Waals surface area contributed by atoms with Crippen molar-refractivity contribution in [1.29, 1.82) is 0 Å². The maximum absolute atomic E-state index is 12.5. The summed E-state index contributed by atoms with van der Waals surface area (Å²) >= 11 is 0. The summed E-state index contributed by atoms with van der Waals surface area (Å²) in [6, 6.07) is 0. The van der Waals surface area contributed by atoms with Crippen molar-refractivity contribution in [2.24, 2.45) is 0 Å². The van der Waals surface area contributed by atoms with Gasteiger partial charge < -0.3 is 5.32 Å². The number of hydrogen-bond acceptors (Lipinski definition) is 3. The van der Waals surface area contributed by atoms with Gasteiger partial charge in [0.1, 0.15) is 11.4 Å². The van der Waals surface area contributed by atoms with Crippen LogP contribution in [-0.2, 0) is 13.1 Å². The molecule has 0 unspecified atom stereocenters. The second kappa shape index (κ2) is 4.27. The van der Waals surface area contributed by atoms with Gasteiger partial charge in [0, 0.05) is 13.1 Å². The second-order valence-electron chi connectivity index (χ2n) is 2.57. The van der Waals surface area contributed by atoms with Crippen LogP contribution >= 0.6 is 0 Å². The van der Waals surface area contributed by atoms with Gasteiger partial charge in [-0.15, -0.1) is 5.10 Å². The zero-order chi connectivity index (χ0) is 9.84. The maximum Gasteiger partial charge on any atom is 0.281 e. The first kappa shape index (κ1) is 10.0. The highest BCUT2D eigenvalue weighted by Gasteiger charge is 2.19. The van der Waals surface area contributed by atoms with Crippen LogP contribution in [0, 0.1) is 0 Å². The maximum atomic E-state index is 12.5. The molecule has 1 rings (SSSR count). The third-order valence-electron chi connectivity index (χ3n) is 1.70. The average molecular weight is 190 g/mol. The minimum Gasteiger partial charge on any atom is -0.314 e. The Morgan fingerprint density at radius 2 is 2.23 bits per heavy atom. The van der Waals surface area contributed by atoms with Crippen molar-refractivity contribution in [3.05, 3.63) is 11.4 Å². The Balaban J connectivity index is 2.99. The molecule has 0 saturated carbocycles. The monoisotopic (exact) mass is 190 g/mol. The smallest absolute Gasteiger partial charge is 0.281 e. The lowest BCUT2D eigenvalue weighted by molar-refractivity contribution is 0.138. The van der Waals surface area contributed by atoms with Gasteiger partial charge in [-0.3, -0.25) is 0 Å². The van der Waals surface area contributed by atoms with Crippen LogP contribution in [0.4, 0.5) is 8.78 Å². The first-order chi connectivity index (χ1) is 6.20. The highest BCUT2D eigenvalue weighted by Crippen LogP contribution is 2.20. The fraction of sp³-hybridized carbons (Fsp3) is 0.714. The number of nitrogens with zero attached hydrogens (tertiary/aromatic N) is 3. The van der Waals surface area contributed by atoms with Crippen LogP contribution in [-0.4, -0.2) is 22.0 Å². The van der Waals surface area contributed by atoms with Crippen LogP contribution < -0.4 is 5.32 Å². The molecular formula is C7H12F2N4. The number of halogens is 2.